The fourth-order valence-electron chi connectivity index (χ4n) is 1.15. The molecule has 7 heteroatoms. The highest BCUT2D eigenvalue weighted by Gasteiger charge is 2.41. The maximum absolute atomic E-state index is 11.7. The number of hydrogen-bond acceptors (Lipinski definition) is 5. The van der Waals surface area contributed by atoms with Gasteiger partial charge in [-0.05, 0) is 13.3 Å². The third-order valence-electron chi connectivity index (χ3n) is 2.42. The normalized spacial score (nSPS) is 14.8. The average molecular weight is 256 g/mol. The molecule has 0 saturated heterocycles. The summed E-state index contributed by atoms with van der Waals surface area (Å²) in [6.07, 6.45) is -0.804. The Morgan fingerprint density at radius 2 is 1.89 bits per heavy atom. The van der Waals surface area contributed by atoms with E-state index in [9.17, 15) is 14.4 Å². The maximum atomic E-state index is 11.7. The Morgan fingerprint density at radius 1 is 1.33 bits per heavy atom. The van der Waals surface area contributed by atoms with E-state index < -0.39 is 29.3 Å². The first-order valence-corrected chi connectivity index (χ1v) is 5.19. The van der Waals surface area contributed by atoms with Crippen molar-refractivity contribution in [2.45, 2.75) is 37.8 Å². The third-order valence-corrected chi connectivity index (χ3v) is 2.42. The van der Waals surface area contributed by atoms with Crippen LogP contribution in [0, 0.1) is 11.8 Å². The van der Waals surface area contributed by atoms with E-state index in [2.05, 4.69) is 11.8 Å². The number of rotatable bonds is 7. The first-order chi connectivity index (χ1) is 8.25. The average Bonchev–Trinajstić information content (AvgIpc) is 2.31. The summed E-state index contributed by atoms with van der Waals surface area (Å²) in [7, 11) is 0. The Hall–Kier alpha value is -1.91. The maximum Gasteiger partial charge on any atom is 0.332 e. The molecule has 0 aliphatic heterocycles. The van der Waals surface area contributed by atoms with Crippen molar-refractivity contribution in [3.63, 3.8) is 0 Å². The predicted molar refractivity (Wildman–Crippen MR) is 62.5 cm³/mol. The fraction of sp³-hybridized carbons (Fsp3) is 0.545. The van der Waals surface area contributed by atoms with Crippen molar-refractivity contribution in [3.8, 4) is 11.8 Å². The van der Waals surface area contributed by atoms with Crippen LogP contribution in [0.3, 0.4) is 0 Å². The van der Waals surface area contributed by atoms with Crippen LogP contribution in [0.15, 0.2) is 0 Å². The molecule has 0 aliphatic carbocycles. The topological polar surface area (TPSA) is 144 Å². The predicted octanol–water partition coefficient (Wildman–Crippen LogP) is -1.06. The molecule has 2 atom stereocenters. The number of nitrogens with two attached hydrogens (primary N) is 2. The molecule has 0 radical (unpaired) electrons. The van der Waals surface area contributed by atoms with Crippen LogP contribution in [-0.2, 0) is 14.4 Å². The molecular weight excluding hydrogens is 240 g/mol. The Labute approximate surface area is 104 Å². The Morgan fingerprint density at radius 3 is 2.28 bits per heavy atom. The van der Waals surface area contributed by atoms with Gasteiger partial charge in [0.2, 0.25) is 0 Å². The Bertz CT molecular complexity index is 409. The van der Waals surface area contributed by atoms with Crippen LogP contribution in [0.2, 0.25) is 0 Å². The first-order valence-electron chi connectivity index (χ1n) is 5.19. The standard InChI is InChI=1S/C11H16N2O5/c1-2-3-6-11(13,10(17)18)8(14)5-4-7(12)9(15)16/h7H,4-6,12-13H2,1H3,(H,15,16)(H,17,18)/t7-,11-/m0/s1. The summed E-state index contributed by atoms with van der Waals surface area (Å²) in [5.41, 5.74) is 8.60. The third kappa shape index (κ3) is 4.16. The van der Waals surface area contributed by atoms with Gasteiger partial charge in [0.15, 0.2) is 11.3 Å². The molecule has 0 saturated carbocycles. The van der Waals surface area contributed by atoms with E-state index in [0.717, 1.165) is 0 Å². The van der Waals surface area contributed by atoms with Gasteiger partial charge in [-0.3, -0.25) is 9.59 Å². The largest absolute Gasteiger partial charge is 0.480 e. The summed E-state index contributed by atoms with van der Waals surface area (Å²) in [5, 5.41) is 17.5. The molecule has 0 aromatic rings. The number of carbonyl (C=O) groups excluding carboxylic acids is 1. The zero-order valence-corrected chi connectivity index (χ0v) is 9.97. The van der Waals surface area contributed by atoms with Gasteiger partial charge in [0.1, 0.15) is 6.04 Å². The van der Waals surface area contributed by atoms with Gasteiger partial charge >= 0.3 is 11.9 Å². The number of hydrogen-bond donors (Lipinski definition) is 4. The second-order valence-corrected chi connectivity index (χ2v) is 3.79. The van der Waals surface area contributed by atoms with Crippen LogP contribution in [0.4, 0.5) is 0 Å². The molecule has 0 bridgehead atoms. The van der Waals surface area contributed by atoms with E-state index in [4.69, 9.17) is 21.7 Å². The molecule has 6 N–H and O–H groups in total. The minimum Gasteiger partial charge on any atom is -0.480 e. The van der Waals surface area contributed by atoms with Gasteiger partial charge in [0.25, 0.3) is 0 Å². The van der Waals surface area contributed by atoms with Gasteiger partial charge < -0.3 is 21.7 Å². The molecule has 0 aliphatic rings. The lowest BCUT2D eigenvalue weighted by atomic mass is 9.88. The lowest BCUT2D eigenvalue weighted by Gasteiger charge is -2.21. The summed E-state index contributed by atoms with van der Waals surface area (Å²) in [5.74, 6) is 1.36. The fourth-order valence-corrected chi connectivity index (χ4v) is 1.15. The SMILES string of the molecule is CC#CC[C@@](N)(C(=O)O)C(=O)CC[C@H](N)C(=O)O. The van der Waals surface area contributed by atoms with Crippen LogP contribution in [0.5, 0.6) is 0 Å². The zero-order valence-electron chi connectivity index (χ0n) is 9.97. The second kappa shape index (κ2) is 6.74. The van der Waals surface area contributed by atoms with Gasteiger partial charge in [-0.25, -0.2) is 4.79 Å². The van der Waals surface area contributed by atoms with Gasteiger partial charge in [-0.15, -0.1) is 11.8 Å². The van der Waals surface area contributed by atoms with Crippen molar-refractivity contribution in [3.05, 3.63) is 0 Å². The van der Waals surface area contributed by atoms with Gasteiger partial charge in [0.05, 0.1) is 0 Å². The van der Waals surface area contributed by atoms with Gasteiger partial charge in [-0.2, -0.15) is 0 Å². The molecule has 0 aromatic carbocycles. The molecule has 0 heterocycles. The molecule has 0 spiro atoms. The number of carbonyl (C=O) groups is 3. The molecule has 0 amide bonds. The highest BCUT2D eigenvalue weighted by Crippen LogP contribution is 2.13. The number of carboxylic acids is 2. The van der Waals surface area contributed by atoms with Crippen LogP contribution >= 0.6 is 0 Å². The summed E-state index contributed by atoms with van der Waals surface area (Å²) in [4.78, 5) is 33.2. The van der Waals surface area contributed by atoms with Gasteiger partial charge in [0, 0.05) is 12.8 Å². The minimum absolute atomic E-state index is 0.167. The Kier molecular flexibility index (Phi) is 6.02. The smallest absolute Gasteiger partial charge is 0.332 e. The lowest BCUT2D eigenvalue weighted by molar-refractivity contribution is -0.148. The highest BCUT2D eigenvalue weighted by molar-refractivity contribution is 6.07. The summed E-state index contributed by atoms with van der Waals surface area (Å²) in [6.45, 7) is 1.49. The number of Topliss-reactive ketones (excluding diaryl/α,β-unsaturated/α-hetero) is 1. The monoisotopic (exact) mass is 256 g/mol. The van der Waals surface area contributed by atoms with Crippen LogP contribution in [-0.4, -0.2) is 39.5 Å². The number of ketones is 1. The quantitative estimate of drug-likeness (QED) is 0.336. The molecule has 0 fully saturated rings. The molecule has 18 heavy (non-hydrogen) atoms. The van der Waals surface area contributed by atoms with E-state index in [1.54, 1.807) is 0 Å². The highest BCUT2D eigenvalue weighted by atomic mass is 16.4. The van der Waals surface area contributed by atoms with Crippen molar-refractivity contribution in [1.82, 2.24) is 0 Å². The minimum atomic E-state index is -2.11. The summed E-state index contributed by atoms with van der Waals surface area (Å²) in [6, 6.07) is -1.22. The van der Waals surface area contributed by atoms with Crippen molar-refractivity contribution >= 4 is 17.7 Å². The van der Waals surface area contributed by atoms with Crippen LogP contribution < -0.4 is 11.5 Å². The molecular formula is C11H16N2O5. The molecule has 0 rings (SSSR count). The second-order valence-electron chi connectivity index (χ2n) is 3.79. The van der Waals surface area contributed by atoms with Crippen molar-refractivity contribution < 1.29 is 24.6 Å². The van der Waals surface area contributed by atoms with Crippen LogP contribution in [0.25, 0.3) is 0 Å². The van der Waals surface area contributed by atoms with Crippen LogP contribution in [0.1, 0.15) is 26.2 Å². The molecule has 0 unspecified atom stereocenters. The van der Waals surface area contributed by atoms with Gasteiger partial charge in [-0.1, -0.05) is 0 Å². The molecule has 100 valence electrons. The summed E-state index contributed by atoms with van der Waals surface area (Å²) >= 11 is 0. The van der Waals surface area contributed by atoms with E-state index in [1.165, 1.54) is 6.92 Å². The van der Waals surface area contributed by atoms with Crippen molar-refractivity contribution in [2.24, 2.45) is 11.5 Å². The lowest BCUT2D eigenvalue weighted by Crippen LogP contribution is -2.55. The zero-order chi connectivity index (χ0) is 14.3. The molecule has 7 nitrogen and oxygen atoms in total. The first kappa shape index (κ1) is 16.1. The molecule has 0 aromatic heterocycles. The summed E-state index contributed by atoms with van der Waals surface area (Å²) < 4.78 is 0. The number of carboxylic acid groups (broad SMARTS) is 2. The van der Waals surface area contributed by atoms with Crippen molar-refractivity contribution in [2.75, 3.05) is 0 Å². The van der Waals surface area contributed by atoms with E-state index in [1.807, 2.05) is 0 Å². The Balaban J connectivity index is 4.72. The van der Waals surface area contributed by atoms with E-state index >= 15 is 0 Å². The van der Waals surface area contributed by atoms with E-state index in [0.29, 0.717) is 0 Å². The van der Waals surface area contributed by atoms with Crippen molar-refractivity contribution in [1.29, 1.82) is 0 Å². The van der Waals surface area contributed by atoms with E-state index in [-0.39, 0.29) is 19.3 Å². The number of aliphatic carboxylic acids is 2.